The Balaban J connectivity index is 2.66. The van der Waals surface area contributed by atoms with Crippen molar-refractivity contribution < 1.29 is 14.6 Å². The third-order valence-electron chi connectivity index (χ3n) is 2.44. The molecule has 0 aliphatic heterocycles. The monoisotopic (exact) mass is 269 g/mol. The minimum Gasteiger partial charge on any atom is -0.386 e. The Morgan fingerprint density at radius 2 is 2.17 bits per heavy atom. The van der Waals surface area contributed by atoms with Crippen molar-refractivity contribution in [3.05, 3.63) is 29.8 Å². The van der Waals surface area contributed by atoms with Gasteiger partial charge in [0, 0.05) is 18.6 Å². The number of carbonyl (C=O) groups excluding carboxylic acids is 1. The van der Waals surface area contributed by atoms with Gasteiger partial charge in [0.05, 0.1) is 12.2 Å². The van der Waals surface area contributed by atoms with E-state index in [1.807, 2.05) is 24.5 Å². The summed E-state index contributed by atoms with van der Waals surface area (Å²) in [5, 5.41) is 12.6. The quantitative estimate of drug-likeness (QED) is 0.769. The number of carbonyl (C=O) groups is 1. The largest absolute Gasteiger partial charge is 0.386 e. The second kappa shape index (κ2) is 6.78. The van der Waals surface area contributed by atoms with Crippen LogP contribution in [0.15, 0.2) is 29.2 Å². The van der Waals surface area contributed by atoms with Crippen molar-refractivity contribution in [2.75, 3.05) is 26.5 Å². The molecule has 5 heteroatoms. The van der Waals surface area contributed by atoms with E-state index in [2.05, 4.69) is 5.32 Å². The highest BCUT2D eigenvalue weighted by molar-refractivity contribution is 7.98. The number of benzene rings is 1. The normalized spacial score (nSPS) is 14.0. The molecule has 0 fully saturated rings. The van der Waals surface area contributed by atoms with E-state index in [-0.39, 0.29) is 19.1 Å². The first-order valence-corrected chi connectivity index (χ1v) is 6.85. The fraction of sp³-hybridized carbons (Fsp3) is 0.462. The molecule has 100 valence electrons. The molecule has 1 aromatic carbocycles. The second-order valence-electron chi connectivity index (χ2n) is 4.31. The molecule has 0 aromatic heterocycles. The summed E-state index contributed by atoms with van der Waals surface area (Å²) >= 11 is 1.52. The fourth-order valence-corrected chi connectivity index (χ4v) is 2.16. The van der Waals surface area contributed by atoms with E-state index in [1.165, 1.54) is 18.9 Å². The molecule has 0 bridgehead atoms. The molecule has 1 unspecified atom stereocenters. The van der Waals surface area contributed by atoms with Crippen molar-refractivity contribution in [3.8, 4) is 0 Å². The van der Waals surface area contributed by atoms with Gasteiger partial charge in [0.2, 0.25) is 0 Å². The van der Waals surface area contributed by atoms with Crippen molar-refractivity contribution in [1.29, 1.82) is 0 Å². The summed E-state index contributed by atoms with van der Waals surface area (Å²) in [6.07, 6.45) is 1.92. The Morgan fingerprint density at radius 3 is 2.78 bits per heavy atom. The Labute approximate surface area is 112 Å². The van der Waals surface area contributed by atoms with Gasteiger partial charge in [-0.25, -0.2) is 0 Å². The van der Waals surface area contributed by atoms with Gasteiger partial charge in [-0.1, -0.05) is 12.1 Å². The molecule has 1 rings (SSSR count). The highest BCUT2D eigenvalue weighted by Gasteiger charge is 2.21. The Bertz CT molecular complexity index is 407. The zero-order valence-corrected chi connectivity index (χ0v) is 11.7. The van der Waals surface area contributed by atoms with Crippen LogP contribution in [0.4, 0.5) is 0 Å². The molecule has 18 heavy (non-hydrogen) atoms. The molecule has 0 saturated carbocycles. The molecule has 1 atom stereocenters. The summed E-state index contributed by atoms with van der Waals surface area (Å²) in [4.78, 5) is 12.9. The average molecular weight is 269 g/mol. The van der Waals surface area contributed by atoms with E-state index in [1.54, 1.807) is 13.0 Å². The maximum Gasteiger partial charge on any atom is 0.252 e. The molecular formula is C13H19NO3S. The topological polar surface area (TPSA) is 58.6 Å². The van der Waals surface area contributed by atoms with Crippen LogP contribution in [0.2, 0.25) is 0 Å². The smallest absolute Gasteiger partial charge is 0.252 e. The van der Waals surface area contributed by atoms with Gasteiger partial charge < -0.3 is 15.2 Å². The van der Waals surface area contributed by atoms with E-state index in [0.29, 0.717) is 5.56 Å². The summed E-state index contributed by atoms with van der Waals surface area (Å²) in [7, 11) is 1.51. The predicted octanol–water partition coefficient (Wildman–Crippen LogP) is 1.54. The molecule has 0 heterocycles. The minimum atomic E-state index is -1.06. The van der Waals surface area contributed by atoms with Gasteiger partial charge in [-0.15, -0.1) is 11.8 Å². The summed E-state index contributed by atoms with van der Waals surface area (Å²) in [5.41, 5.74) is -0.433. The Morgan fingerprint density at radius 1 is 1.50 bits per heavy atom. The predicted molar refractivity (Wildman–Crippen MR) is 73.1 cm³/mol. The molecule has 0 spiro atoms. The molecule has 0 aliphatic carbocycles. The highest BCUT2D eigenvalue weighted by Crippen LogP contribution is 2.19. The van der Waals surface area contributed by atoms with Crippen LogP contribution in [-0.2, 0) is 4.74 Å². The van der Waals surface area contributed by atoms with E-state index in [9.17, 15) is 9.90 Å². The first kappa shape index (κ1) is 15.0. The fourth-order valence-electron chi connectivity index (χ4n) is 1.56. The third-order valence-corrected chi connectivity index (χ3v) is 3.23. The van der Waals surface area contributed by atoms with Crippen LogP contribution < -0.4 is 5.32 Å². The van der Waals surface area contributed by atoms with E-state index in [0.717, 1.165) is 4.90 Å². The van der Waals surface area contributed by atoms with Gasteiger partial charge in [-0.3, -0.25) is 4.79 Å². The van der Waals surface area contributed by atoms with E-state index in [4.69, 9.17) is 4.74 Å². The van der Waals surface area contributed by atoms with Gasteiger partial charge in [-0.2, -0.15) is 0 Å². The Kier molecular flexibility index (Phi) is 5.65. The number of ether oxygens (including phenoxy) is 1. The lowest BCUT2D eigenvalue weighted by molar-refractivity contribution is -0.0147. The first-order chi connectivity index (χ1) is 8.50. The van der Waals surface area contributed by atoms with Crippen LogP contribution in [0, 0.1) is 0 Å². The third kappa shape index (κ3) is 4.33. The van der Waals surface area contributed by atoms with E-state index >= 15 is 0 Å². The minimum absolute atomic E-state index is 0.155. The number of nitrogens with one attached hydrogen (secondary N) is 1. The molecule has 1 amide bonds. The number of hydrogen-bond donors (Lipinski definition) is 2. The van der Waals surface area contributed by atoms with Gasteiger partial charge in [0.1, 0.15) is 5.60 Å². The zero-order chi connectivity index (χ0) is 13.6. The average Bonchev–Trinajstić information content (AvgIpc) is 2.36. The van der Waals surface area contributed by atoms with Gasteiger partial charge in [-0.05, 0) is 25.3 Å². The molecule has 4 nitrogen and oxygen atoms in total. The van der Waals surface area contributed by atoms with Crippen LogP contribution in [0.1, 0.15) is 17.3 Å². The van der Waals surface area contributed by atoms with Gasteiger partial charge >= 0.3 is 0 Å². The van der Waals surface area contributed by atoms with E-state index < -0.39 is 5.60 Å². The summed E-state index contributed by atoms with van der Waals surface area (Å²) in [6.45, 7) is 1.96. The van der Waals surface area contributed by atoms with Crippen molar-refractivity contribution in [2.45, 2.75) is 17.4 Å². The van der Waals surface area contributed by atoms with Crippen molar-refractivity contribution in [2.24, 2.45) is 0 Å². The van der Waals surface area contributed by atoms with Crippen LogP contribution in [0.3, 0.4) is 0 Å². The maximum absolute atomic E-state index is 12.0. The number of hydrogen-bond acceptors (Lipinski definition) is 4. The highest BCUT2D eigenvalue weighted by atomic mass is 32.2. The molecule has 0 saturated heterocycles. The number of thioether (sulfide) groups is 1. The second-order valence-corrected chi connectivity index (χ2v) is 5.16. The van der Waals surface area contributed by atoms with Crippen LogP contribution >= 0.6 is 11.8 Å². The number of aliphatic hydroxyl groups is 1. The SMILES string of the molecule is COCC(C)(O)CNC(=O)c1ccccc1SC. The lowest BCUT2D eigenvalue weighted by atomic mass is 10.1. The van der Waals surface area contributed by atoms with Gasteiger partial charge in [0.25, 0.3) is 5.91 Å². The maximum atomic E-state index is 12.0. The zero-order valence-electron chi connectivity index (χ0n) is 10.9. The lowest BCUT2D eigenvalue weighted by Gasteiger charge is -2.22. The first-order valence-electron chi connectivity index (χ1n) is 5.63. The molecule has 0 radical (unpaired) electrons. The van der Waals surface area contributed by atoms with Crippen LogP contribution in [0.25, 0.3) is 0 Å². The Hall–Kier alpha value is -1.04. The molecule has 0 aliphatic rings. The van der Waals surface area contributed by atoms with Gasteiger partial charge in [0.15, 0.2) is 0 Å². The summed E-state index contributed by atoms with van der Waals surface area (Å²) in [5.74, 6) is -0.184. The van der Waals surface area contributed by atoms with Crippen LogP contribution in [0.5, 0.6) is 0 Å². The number of methoxy groups -OCH3 is 1. The van der Waals surface area contributed by atoms with Crippen molar-refractivity contribution in [3.63, 3.8) is 0 Å². The molecule has 2 N–H and O–H groups in total. The van der Waals surface area contributed by atoms with Crippen molar-refractivity contribution >= 4 is 17.7 Å². The molecular weight excluding hydrogens is 250 g/mol. The number of amides is 1. The van der Waals surface area contributed by atoms with Crippen LogP contribution in [-0.4, -0.2) is 43.1 Å². The summed E-state index contributed by atoms with van der Waals surface area (Å²) in [6, 6.07) is 7.38. The standard InChI is InChI=1S/C13H19NO3S/c1-13(16,9-17-2)8-14-12(15)10-6-4-5-7-11(10)18-3/h4-7,16H,8-9H2,1-3H3,(H,14,15). The molecule has 1 aromatic rings. The van der Waals surface area contributed by atoms with Crippen molar-refractivity contribution in [1.82, 2.24) is 5.32 Å². The summed E-state index contributed by atoms with van der Waals surface area (Å²) < 4.78 is 4.88. The number of rotatable bonds is 6. The lowest BCUT2D eigenvalue weighted by Crippen LogP contribution is -2.43.